The van der Waals surface area contributed by atoms with Gasteiger partial charge in [-0.25, -0.2) is 0 Å². The SMILES string of the molecule is CC1(C)c2ccccc2N(CCCCCC(=O)O)C12C=Cc1cc(N(O)O)ccc1O2. The van der Waals surface area contributed by atoms with Crippen LogP contribution in [0.3, 0.4) is 0 Å². The van der Waals surface area contributed by atoms with E-state index >= 15 is 0 Å². The third kappa shape index (κ3) is 3.54. The van der Waals surface area contributed by atoms with E-state index in [0.29, 0.717) is 12.2 Å². The van der Waals surface area contributed by atoms with E-state index < -0.39 is 11.7 Å². The third-order valence-corrected chi connectivity index (χ3v) is 6.42. The van der Waals surface area contributed by atoms with Crippen molar-refractivity contribution >= 4 is 23.4 Å². The normalized spacial score (nSPS) is 20.3. The molecule has 1 spiro atoms. The van der Waals surface area contributed by atoms with Crippen LogP contribution in [0.25, 0.3) is 6.08 Å². The Balaban J connectivity index is 1.67. The number of carbonyl (C=O) groups is 1. The van der Waals surface area contributed by atoms with Crippen molar-refractivity contribution in [1.82, 2.24) is 0 Å². The largest absolute Gasteiger partial charge is 0.481 e. The topological polar surface area (TPSA) is 93.5 Å². The van der Waals surface area contributed by atoms with Crippen LogP contribution in [0.5, 0.6) is 5.75 Å². The lowest BCUT2D eigenvalue weighted by atomic mass is 9.76. The Bertz CT molecular complexity index is 1020. The lowest BCUT2D eigenvalue weighted by molar-refractivity contribution is -0.137. The fourth-order valence-corrected chi connectivity index (χ4v) is 4.73. The Morgan fingerprint density at radius 3 is 2.61 bits per heavy atom. The Morgan fingerprint density at radius 1 is 1.10 bits per heavy atom. The van der Waals surface area contributed by atoms with Gasteiger partial charge in [-0.15, -0.1) is 5.23 Å². The average molecular weight is 424 g/mol. The van der Waals surface area contributed by atoms with Crippen LogP contribution in [-0.4, -0.2) is 33.8 Å². The molecule has 0 radical (unpaired) electrons. The van der Waals surface area contributed by atoms with Gasteiger partial charge < -0.3 is 14.7 Å². The lowest BCUT2D eigenvalue weighted by Crippen LogP contribution is -2.59. The summed E-state index contributed by atoms with van der Waals surface area (Å²) in [6.07, 6.45) is 6.54. The fraction of sp³-hybridized carbons (Fsp3) is 0.375. The third-order valence-electron chi connectivity index (χ3n) is 6.42. The maximum absolute atomic E-state index is 10.8. The summed E-state index contributed by atoms with van der Waals surface area (Å²) in [6, 6.07) is 13.3. The first kappa shape index (κ1) is 21.2. The molecule has 164 valence electrons. The maximum Gasteiger partial charge on any atom is 0.303 e. The zero-order valence-electron chi connectivity index (χ0n) is 17.8. The summed E-state index contributed by atoms with van der Waals surface area (Å²) in [4.78, 5) is 13.1. The van der Waals surface area contributed by atoms with Gasteiger partial charge >= 0.3 is 5.97 Å². The molecule has 0 aromatic heterocycles. The van der Waals surface area contributed by atoms with Crippen molar-refractivity contribution in [2.45, 2.75) is 50.7 Å². The number of rotatable bonds is 7. The molecule has 2 heterocycles. The van der Waals surface area contributed by atoms with Crippen LogP contribution in [0.2, 0.25) is 0 Å². The molecule has 0 fully saturated rings. The molecule has 7 heteroatoms. The maximum atomic E-state index is 10.8. The minimum atomic E-state index is -0.761. The second-order valence-corrected chi connectivity index (χ2v) is 8.64. The molecule has 1 unspecified atom stereocenters. The number of nitrogens with zero attached hydrogens (tertiary/aromatic N) is 2. The van der Waals surface area contributed by atoms with Gasteiger partial charge in [0.15, 0.2) is 0 Å². The van der Waals surface area contributed by atoms with Crippen molar-refractivity contribution in [3.8, 4) is 5.75 Å². The van der Waals surface area contributed by atoms with Crippen LogP contribution in [0.4, 0.5) is 11.4 Å². The lowest BCUT2D eigenvalue weighted by Gasteiger charge is -2.47. The molecule has 0 aliphatic carbocycles. The van der Waals surface area contributed by atoms with Crippen molar-refractivity contribution in [2.75, 3.05) is 16.7 Å². The molecular formula is C24H28N2O5. The molecule has 0 saturated carbocycles. The standard InChI is InChI=1S/C24H28N2O5/c1-23(2)19-8-5-6-9-20(19)25(15-7-3-4-10-22(27)28)24(23)14-13-17-16-18(26(29)30)11-12-21(17)31-24/h5-6,8-9,11-14,16,29-30H,3-4,7,10,15H2,1-2H3,(H,27,28). The monoisotopic (exact) mass is 424 g/mol. The highest BCUT2D eigenvalue weighted by Gasteiger charge is 2.58. The first-order valence-electron chi connectivity index (χ1n) is 10.6. The Morgan fingerprint density at radius 2 is 1.87 bits per heavy atom. The van der Waals surface area contributed by atoms with Crippen molar-refractivity contribution < 1.29 is 25.1 Å². The van der Waals surface area contributed by atoms with E-state index in [2.05, 4.69) is 37.0 Å². The predicted octanol–water partition coefficient (Wildman–Crippen LogP) is 4.82. The number of anilines is 2. The first-order valence-corrected chi connectivity index (χ1v) is 10.6. The van der Waals surface area contributed by atoms with E-state index in [0.717, 1.165) is 30.6 Å². The zero-order chi connectivity index (χ0) is 22.2. The van der Waals surface area contributed by atoms with Crippen LogP contribution < -0.4 is 14.9 Å². The first-order chi connectivity index (χ1) is 14.8. The molecule has 3 N–H and O–H groups in total. The number of hydrogen-bond donors (Lipinski definition) is 3. The summed E-state index contributed by atoms with van der Waals surface area (Å²) < 4.78 is 6.68. The van der Waals surface area contributed by atoms with Gasteiger partial charge in [0.05, 0.1) is 11.1 Å². The minimum absolute atomic E-state index is 0.0945. The van der Waals surface area contributed by atoms with E-state index in [-0.39, 0.29) is 22.7 Å². The molecule has 1 atom stereocenters. The number of carboxylic acid groups (broad SMARTS) is 1. The molecule has 4 rings (SSSR count). The van der Waals surface area contributed by atoms with Crippen molar-refractivity contribution in [1.29, 1.82) is 0 Å². The highest BCUT2D eigenvalue weighted by molar-refractivity contribution is 5.73. The number of aliphatic carboxylic acids is 1. The smallest absolute Gasteiger partial charge is 0.303 e. The number of para-hydroxylation sites is 1. The van der Waals surface area contributed by atoms with Gasteiger partial charge in [-0.05, 0) is 68.7 Å². The Labute approximate surface area is 181 Å². The fourth-order valence-electron chi connectivity index (χ4n) is 4.73. The Hall–Kier alpha value is -3.03. The number of hydrogen-bond acceptors (Lipinski definition) is 6. The van der Waals surface area contributed by atoms with E-state index in [1.54, 1.807) is 18.2 Å². The van der Waals surface area contributed by atoms with Gasteiger partial charge in [-0.3, -0.25) is 15.2 Å². The van der Waals surface area contributed by atoms with Gasteiger partial charge in [0, 0.05) is 24.2 Å². The van der Waals surface area contributed by atoms with E-state index in [4.69, 9.17) is 9.84 Å². The van der Waals surface area contributed by atoms with Gasteiger partial charge in [0.2, 0.25) is 5.72 Å². The Kier molecular flexibility index (Phi) is 5.41. The summed E-state index contributed by atoms with van der Waals surface area (Å²) in [5, 5.41) is 27.6. The van der Waals surface area contributed by atoms with E-state index in [1.165, 1.54) is 5.56 Å². The molecule has 2 aromatic rings. The molecule has 7 nitrogen and oxygen atoms in total. The number of ether oxygens (including phenoxy) is 1. The number of carboxylic acids is 1. The van der Waals surface area contributed by atoms with Crippen LogP contribution in [-0.2, 0) is 10.2 Å². The molecular weight excluding hydrogens is 396 g/mol. The highest BCUT2D eigenvalue weighted by Crippen LogP contribution is 2.55. The van der Waals surface area contributed by atoms with Crippen LogP contribution in [0.1, 0.15) is 50.7 Å². The summed E-state index contributed by atoms with van der Waals surface area (Å²) in [5.74, 6) is -0.0900. The average Bonchev–Trinajstić information content (AvgIpc) is 2.91. The van der Waals surface area contributed by atoms with E-state index in [9.17, 15) is 15.2 Å². The molecule has 31 heavy (non-hydrogen) atoms. The van der Waals surface area contributed by atoms with Crippen molar-refractivity contribution in [3.05, 3.63) is 59.7 Å². The second-order valence-electron chi connectivity index (χ2n) is 8.64. The summed E-state index contributed by atoms with van der Waals surface area (Å²) in [6.45, 7) is 5.07. The predicted molar refractivity (Wildman–Crippen MR) is 118 cm³/mol. The molecule has 2 aliphatic rings. The van der Waals surface area contributed by atoms with Crippen molar-refractivity contribution in [2.24, 2.45) is 0 Å². The summed E-state index contributed by atoms with van der Waals surface area (Å²) in [5.41, 5.74) is 2.25. The van der Waals surface area contributed by atoms with Crippen LogP contribution in [0, 0.1) is 0 Å². The van der Waals surface area contributed by atoms with Gasteiger partial charge in [-0.2, -0.15) is 0 Å². The van der Waals surface area contributed by atoms with Gasteiger partial charge in [-0.1, -0.05) is 24.6 Å². The summed E-state index contributed by atoms with van der Waals surface area (Å²) in [7, 11) is 0. The van der Waals surface area contributed by atoms with Gasteiger partial charge in [0.25, 0.3) is 0 Å². The minimum Gasteiger partial charge on any atom is -0.481 e. The van der Waals surface area contributed by atoms with Gasteiger partial charge in [0.1, 0.15) is 5.75 Å². The molecule has 0 saturated heterocycles. The molecule has 2 aromatic carbocycles. The molecule has 0 amide bonds. The highest BCUT2D eigenvalue weighted by atomic mass is 16.8. The number of benzene rings is 2. The van der Waals surface area contributed by atoms with E-state index in [1.807, 2.05) is 18.2 Å². The zero-order valence-corrected chi connectivity index (χ0v) is 17.8. The second kappa shape index (κ2) is 7.90. The number of unbranched alkanes of at least 4 members (excludes halogenated alkanes) is 2. The quantitative estimate of drug-likeness (QED) is 0.433. The number of fused-ring (bicyclic) bond motifs is 2. The van der Waals surface area contributed by atoms with Crippen LogP contribution >= 0.6 is 0 Å². The summed E-state index contributed by atoms with van der Waals surface area (Å²) >= 11 is 0. The molecule has 2 aliphatic heterocycles. The molecule has 0 bridgehead atoms. The van der Waals surface area contributed by atoms with Crippen LogP contribution in [0.15, 0.2) is 48.5 Å². The van der Waals surface area contributed by atoms with Crippen molar-refractivity contribution in [3.63, 3.8) is 0 Å².